The number of carbonyl (C=O) groups is 1. The molecule has 19 heavy (non-hydrogen) atoms. The van der Waals surface area contributed by atoms with Gasteiger partial charge in [0.05, 0.1) is 5.69 Å². The second kappa shape index (κ2) is 5.71. The third kappa shape index (κ3) is 3.54. The van der Waals surface area contributed by atoms with Gasteiger partial charge >= 0.3 is 0 Å². The molecule has 0 bridgehead atoms. The number of amides is 1. The summed E-state index contributed by atoms with van der Waals surface area (Å²) in [7, 11) is 0. The van der Waals surface area contributed by atoms with E-state index in [-0.39, 0.29) is 5.91 Å². The number of nitrogens with zero attached hydrogens (tertiary/aromatic N) is 1. The molecular weight excluding hydrogens is 326 g/mol. The van der Waals surface area contributed by atoms with Gasteiger partial charge < -0.3 is 5.73 Å². The standard InChI is InChI=1S/C13H14BrN3OS/c1-7(2)11-6-19-13(16-11)17-12(18)8-3-9(14)5-10(15)4-8/h3-7H,15H2,1-2H3,(H,16,17,18). The molecule has 1 aromatic carbocycles. The molecular formula is C13H14BrN3OS. The van der Waals surface area contributed by atoms with Crippen molar-refractivity contribution in [2.75, 3.05) is 11.1 Å². The van der Waals surface area contributed by atoms with Gasteiger partial charge in [-0.15, -0.1) is 11.3 Å². The SMILES string of the molecule is CC(C)c1csc(NC(=O)c2cc(N)cc(Br)c2)n1. The van der Waals surface area contributed by atoms with E-state index >= 15 is 0 Å². The maximum Gasteiger partial charge on any atom is 0.257 e. The number of anilines is 2. The lowest BCUT2D eigenvalue weighted by Gasteiger charge is -2.04. The zero-order valence-corrected chi connectivity index (χ0v) is 13.0. The number of thiazole rings is 1. The molecule has 0 saturated heterocycles. The summed E-state index contributed by atoms with van der Waals surface area (Å²) in [5, 5.41) is 5.34. The summed E-state index contributed by atoms with van der Waals surface area (Å²) in [6.45, 7) is 4.13. The molecule has 0 fully saturated rings. The average Bonchev–Trinajstić information content (AvgIpc) is 2.76. The molecule has 0 spiro atoms. The summed E-state index contributed by atoms with van der Waals surface area (Å²) in [6.07, 6.45) is 0. The molecule has 100 valence electrons. The van der Waals surface area contributed by atoms with E-state index in [9.17, 15) is 4.79 Å². The highest BCUT2D eigenvalue weighted by Gasteiger charge is 2.11. The van der Waals surface area contributed by atoms with Crippen LogP contribution in [0.25, 0.3) is 0 Å². The van der Waals surface area contributed by atoms with Crippen LogP contribution in [0.2, 0.25) is 0 Å². The molecule has 0 radical (unpaired) electrons. The number of halogens is 1. The van der Waals surface area contributed by atoms with Gasteiger partial charge in [-0.05, 0) is 24.1 Å². The number of aromatic nitrogens is 1. The largest absolute Gasteiger partial charge is 0.399 e. The van der Waals surface area contributed by atoms with Crippen molar-refractivity contribution in [3.63, 3.8) is 0 Å². The maximum atomic E-state index is 12.1. The van der Waals surface area contributed by atoms with Gasteiger partial charge in [0, 0.05) is 21.1 Å². The second-order valence-electron chi connectivity index (χ2n) is 4.46. The number of nitrogen functional groups attached to an aromatic ring is 1. The van der Waals surface area contributed by atoms with Gasteiger partial charge in [-0.3, -0.25) is 10.1 Å². The van der Waals surface area contributed by atoms with Crippen molar-refractivity contribution in [2.24, 2.45) is 0 Å². The Labute approximate surface area is 124 Å². The van der Waals surface area contributed by atoms with Crippen LogP contribution in [0.4, 0.5) is 10.8 Å². The predicted octanol–water partition coefficient (Wildman–Crippen LogP) is 3.86. The maximum absolute atomic E-state index is 12.1. The van der Waals surface area contributed by atoms with Crippen LogP contribution in [-0.2, 0) is 0 Å². The Morgan fingerprint density at radius 2 is 2.16 bits per heavy atom. The minimum absolute atomic E-state index is 0.211. The van der Waals surface area contributed by atoms with Crippen LogP contribution in [0.15, 0.2) is 28.1 Å². The number of benzene rings is 1. The number of hydrogen-bond donors (Lipinski definition) is 2. The minimum Gasteiger partial charge on any atom is -0.399 e. The van der Waals surface area contributed by atoms with Crippen LogP contribution in [-0.4, -0.2) is 10.9 Å². The van der Waals surface area contributed by atoms with Gasteiger partial charge in [-0.25, -0.2) is 4.98 Å². The van der Waals surface area contributed by atoms with E-state index in [0.717, 1.165) is 10.2 Å². The third-order valence-electron chi connectivity index (χ3n) is 2.52. The zero-order valence-electron chi connectivity index (χ0n) is 10.6. The molecule has 0 aliphatic carbocycles. The van der Waals surface area contributed by atoms with Crippen molar-refractivity contribution >= 4 is 44.0 Å². The van der Waals surface area contributed by atoms with Crippen molar-refractivity contribution in [3.8, 4) is 0 Å². The fourth-order valence-corrected chi connectivity index (χ4v) is 2.90. The highest BCUT2D eigenvalue weighted by Crippen LogP contribution is 2.23. The quantitative estimate of drug-likeness (QED) is 0.834. The number of hydrogen-bond acceptors (Lipinski definition) is 4. The molecule has 3 N–H and O–H groups in total. The molecule has 1 aromatic heterocycles. The number of nitrogens with one attached hydrogen (secondary N) is 1. The highest BCUT2D eigenvalue weighted by atomic mass is 79.9. The third-order valence-corrected chi connectivity index (χ3v) is 3.75. The fourth-order valence-electron chi connectivity index (χ4n) is 1.52. The highest BCUT2D eigenvalue weighted by molar-refractivity contribution is 9.10. The van der Waals surface area contributed by atoms with Gasteiger partial charge in [0.2, 0.25) is 0 Å². The fraction of sp³-hybridized carbons (Fsp3) is 0.231. The average molecular weight is 340 g/mol. The van der Waals surface area contributed by atoms with E-state index in [1.165, 1.54) is 11.3 Å². The molecule has 1 heterocycles. The molecule has 2 aromatic rings. The Morgan fingerprint density at radius 3 is 2.74 bits per heavy atom. The Kier molecular flexibility index (Phi) is 4.21. The number of nitrogens with two attached hydrogens (primary N) is 1. The first-order chi connectivity index (χ1) is 8.95. The first-order valence-corrected chi connectivity index (χ1v) is 7.46. The number of rotatable bonds is 3. The Hall–Kier alpha value is -1.40. The first kappa shape index (κ1) is 14.0. The van der Waals surface area contributed by atoms with E-state index in [4.69, 9.17) is 5.73 Å². The molecule has 0 unspecified atom stereocenters. The van der Waals surface area contributed by atoms with Gasteiger partial charge in [-0.1, -0.05) is 29.8 Å². The summed E-state index contributed by atoms with van der Waals surface area (Å²) in [5.41, 5.74) is 7.74. The van der Waals surface area contributed by atoms with E-state index in [0.29, 0.717) is 22.3 Å². The van der Waals surface area contributed by atoms with Crippen LogP contribution in [0.3, 0.4) is 0 Å². The van der Waals surface area contributed by atoms with Crippen LogP contribution < -0.4 is 11.1 Å². The van der Waals surface area contributed by atoms with Gasteiger partial charge in [0.1, 0.15) is 0 Å². The summed E-state index contributed by atoms with van der Waals surface area (Å²) in [4.78, 5) is 16.4. The Bertz CT molecular complexity index is 589. The lowest BCUT2D eigenvalue weighted by Crippen LogP contribution is -2.12. The molecule has 0 aliphatic heterocycles. The van der Waals surface area contributed by atoms with Gasteiger partial charge in [0.15, 0.2) is 5.13 Å². The lowest BCUT2D eigenvalue weighted by atomic mass is 10.2. The normalized spacial score (nSPS) is 10.7. The van der Waals surface area contributed by atoms with Crippen molar-refractivity contribution < 1.29 is 4.79 Å². The predicted molar refractivity (Wildman–Crippen MR) is 82.7 cm³/mol. The number of carbonyl (C=O) groups excluding carboxylic acids is 1. The van der Waals surface area contributed by atoms with Crippen LogP contribution in [0, 0.1) is 0 Å². The second-order valence-corrected chi connectivity index (χ2v) is 6.23. The molecule has 0 atom stereocenters. The molecule has 1 amide bonds. The monoisotopic (exact) mass is 339 g/mol. The van der Waals surface area contributed by atoms with E-state index < -0.39 is 0 Å². The summed E-state index contributed by atoms with van der Waals surface area (Å²) in [6, 6.07) is 5.11. The van der Waals surface area contributed by atoms with Crippen molar-refractivity contribution in [3.05, 3.63) is 39.3 Å². The molecule has 4 nitrogen and oxygen atoms in total. The van der Waals surface area contributed by atoms with Crippen LogP contribution in [0.1, 0.15) is 35.8 Å². The smallest absolute Gasteiger partial charge is 0.257 e. The van der Waals surface area contributed by atoms with E-state index in [1.54, 1.807) is 18.2 Å². The zero-order chi connectivity index (χ0) is 14.0. The first-order valence-electron chi connectivity index (χ1n) is 5.78. The van der Waals surface area contributed by atoms with Gasteiger partial charge in [-0.2, -0.15) is 0 Å². The van der Waals surface area contributed by atoms with Crippen molar-refractivity contribution in [1.29, 1.82) is 0 Å². The molecule has 0 aliphatic rings. The molecule has 2 rings (SSSR count). The minimum atomic E-state index is -0.211. The van der Waals surface area contributed by atoms with Crippen LogP contribution in [0.5, 0.6) is 0 Å². The summed E-state index contributed by atoms with van der Waals surface area (Å²) < 4.78 is 0.777. The lowest BCUT2D eigenvalue weighted by molar-refractivity contribution is 0.102. The molecule has 0 saturated carbocycles. The van der Waals surface area contributed by atoms with E-state index in [2.05, 4.69) is 40.1 Å². The van der Waals surface area contributed by atoms with Gasteiger partial charge in [0.25, 0.3) is 5.91 Å². The summed E-state index contributed by atoms with van der Waals surface area (Å²) in [5.74, 6) is 0.140. The van der Waals surface area contributed by atoms with Crippen molar-refractivity contribution in [1.82, 2.24) is 4.98 Å². The van der Waals surface area contributed by atoms with Crippen LogP contribution >= 0.6 is 27.3 Å². The summed E-state index contributed by atoms with van der Waals surface area (Å²) >= 11 is 4.74. The Balaban J connectivity index is 2.15. The molecule has 6 heteroatoms. The Morgan fingerprint density at radius 1 is 1.42 bits per heavy atom. The topological polar surface area (TPSA) is 68.0 Å². The van der Waals surface area contributed by atoms with Crippen molar-refractivity contribution in [2.45, 2.75) is 19.8 Å². The van der Waals surface area contributed by atoms with E-state index in [1.807, 2.05) is 5.38 Å².